The molecular formula is C36H26F8O. The van der Waals surface area contributed by atoms with E-state index in [1.165, 1.54) is 24.3 Å². The maximum Gasteiger partial charge on any atom is 0.429 e. The first-order valence-electron chi connectivity index (χ1n) is 14.2. The Morgan fingerprint density at radius 1 is 0.533 bits per heavy atom. The quantitative estimate of drug-likeness (QED) is 0.111. The first kappa shape index (κ1) is 31.8. The van der Waals surface area contributed by atoms with Crippen LogP contribution in [-0.4, -0.2) is 0 Å². The number of benzene rings is 5. The Kier molecular flexibility index (Phi) is 9.27. The van der Waals surface area contributed by atoms with E-state index in [9.17, 15) is 22.0 Å². The van der Waals surface area contributed by atoms with Gasteiger partial charge in [0.05, 0.1) is 11.1 Å². The van der Waals surface area contributed by atoms with Crippen molar-refractivity contribution in [2.24, 2.45) is 0 Å². The summed E-state index contributed by atoms with van der Waals surface area (Å²) >= 11 is 0. The number of hydrogen-bond acceptors (Lipinski definition) is 1. The van der Waals surface area contributed by atoms with E-state index < -0.39 is 57.9 Å². The van der Waals surface area contributed by atoms with Crippen molar-refractivity contribution < 1.29 is 39.9 Å². The monoisotopic (exact) mass is 626 g/mol. The molecule has 0 aliphatic carbocycles. The molecule has 0 saturated carbocycles. The lowest BCUT2D eigenvalue weighted by Crippen LogP contribution is -2.23. The van der Waals surface area contributed by atoms with E-state index >= 15 is 13.2 Å². The molecule has 0 unspecified atom stereocenters. The van der Waals surface area contributed by atoms with E-state index in [2.05, 4.69) is 4.74 Å². The van der Waals surface area contributed by atoms with E-state index in [4.69, 9.17) is 0 Å². The Hall–Kier alpha value is -4.66. The average molecular weight is 627 g/mol. The van der Waals surface area contributed by atoms with Crippen LogP contribution in [0, 0.1) is 34.9 Å². The van der Waals surface area contributed by atoms with Gasteiger partial charge in [-0.25, -0.2) is 26.3 Å². The van der Waals surface area contributed by atoms with Gasteiger partial charge in [-0.1, -0.05) is 68.3 Å². The molecule has 0 atom stereocenters. The van der Waals surface area contributed by atoms with Crippen molar-refractivity contribution in [1.29, 1.82) is 0 Å². The normalized spacial score (nSPS) is 11.6. The molecule has 0 bridgehead atoms. The van der Waals surface area contributed by atoms with Crippen molar-refractivity contribution in [3.05, 3.63) is 137 Å². The van der Waals surface area contributed by atoms with Crippen molar-refractivity contribution in [2.75, 3.05) is 0 Å². The highest BCUT2D eigenvalue weighted by Crippen LogP contribution is 2.38. The molecule has 9 heteroatoms. The van der Waals surface area contributed by atoms with E-state index in [1.807, 2.05) is 6.92 Å². The van der Waals surface area contributed by atoms with Gasteiger partial charge in [0, 0.05) is 17.7 Å². The molecule has 0 saturated heterocycles. The molecule has 0 amide bonds. The first-order valence-corrected chi connectivity index (χ1v) is 14.2. The number of hydrogen-bond donors (Lipinski definition) is 0. The summed E-state index contributed by atoms with van der Waals surface area (Å²) in [7, 11) is 0. The van der Waals surface area contributed by atoms with E-state index in [0.29, 0.717) is 40.8 Å². The molecular weight excluding hydrogens is 600 g/mol. The highest BCUT2D eigenvalue weighted by Gasteiger charge is 2.38. The van der Waals surface area contributed by atoms with Crippen LogP contribution in [0.5, 0.6) is 5.75 Å². The third-order valence-electron chi connectivity index (χ3n) is 7.38. The van der Waals surface area contributed by atoms with Crippen LogP contribution in [0.4, 0.5) is 35.1 Å². The van der Waals surface area contributed by atoms with Gasteiger partial charge < -0.3 is 4.74 Å². The molecule has 0 fully saturated rings. The van der Waals surface area contributed by atoms with Crippen molar-refractivity contribution >= 4 is 0 Å². The molecule has 5 aromatic rings. The van der Waals surface area contributed by atoms with Crippen LogP contribution in [0.1, 0.15) is 37.3 Å². The molecule has 0 aliphatic rings. The molecule has 5 rings (SSSR count). The fraction of sp³-hybridized carbons (Fsp3) is 0.167. The highest BCUT2D eigenvalue weighted by molar-refractivity contribution is 5.74. The number of alkyl halides is 2. The van der Waals surface area contributed by atoms with Crippen LogP contribution in [0.3, 0.4) is 0 Å². The summed E-state index contributed by atoms with van der Waals surface area (Å²) in [5.74, 6) is -7.51. The SMILES string of the molecule is CCCCCc1ccc(C(F)(F)Oc2cc(F)c(-c3ccc(-c4ccc(-c5ccc(F)c(F)c5)cc4)c(F)c3)c(F)c2)c(F)c1. The molecule has 0 N–H and O–H groups in total. The molecule has 232 valence electrons. The van der Waals surface area contributed by atoms with Crippen LogP contribution >= 0.6 is 0 Å². The second-order valence-corrected chi connectivity index (χ2v) is 10.6. The predicted octanol–water partition coefficient (Wildman–Crippen LogP) is 11.4. The van der Waals surface area contributed by atoms with Crippen LogP contribution in [0.25, 0.3) is 33.4 Å². The number of unbranched alkanes of at least 4 members (excludes halogenated alkanes) is 2. The molecule has 0 spiro atoms. The van der Waals surface area contributed by atoms with E-state index in [0.717, 1.165) is 49.6 Å². The maximum absolute atomic E-state index is 15.2. The summed E-state index contributed by atoms with van der Waals surface area (Å²) in [6.07, 6.45) is -1.10. The van der Waals surface area contributed by atoms with Crippen molar-refractivity contribution in [1.82, 2.24) is 0 Å². The zero-order valence-corrected chi connectivity index (χ0v) is 23.9. The Morgan fingerprint density at radius 3 is 1.78 bits per heavy atom. The van der Waals surface area contributed by atoms with Crippen LogP contribution in [0.15, 0.2) is 91.0 Å². The summed E-state index contributed by atoms with van der Waals surface area (Å²) in [5, 5.41) is 0. The summed E-state index contributed by atoms with van der Waals surface area (Å²) in [6.45, 7) is 2.00. The second-order valence-electron chi connectivity index (χ2n) is 10.6. The Morgan fingerprint density at radius 2 is 1.16 bits per heavy atom. The Bertz CT molecular complexity index is 1810. The maximum atomic E-state index is 15.2. The lowest BCUT2D eigenvalue weighted by Gasteiger charge is -2.20. The minimum absolute atomic E-state index is 0.0920. The number of aryl methyl sites for hydroxylation is 1. The van der Waals surface area contributed by atoms with Crippen molar-refractivity contribution in [2.45, 2.75) is 38.7 Å². The largest absolute Gasteiger partial charge is 0.429 e. The standard InChI is InChI=1S/C36H26F8O/c1-2-3-4-5-21-6-14-28(31(39)16-21)36(43,44)45-26-19-33(41)35(34(42)20-26)25-11-13-27(30(38)18-25)23-9-7-22(8-10-23)24-12-15-29(37)32(40)17-24/h6-20H,2-5H2,1H3. The van der Waals surface area contributed by atoms with Crippen LogP contribution in [-0.2, 0) is 12.5 Å². The third-order valence-corrected chi connectivity index (χ3v) is 7.38. The van der Waals surface area contributed by atoms with E-state index in [1.54, 1.807) is 24.3 Å². The first-order chi connectivity index (χ1) is 21.5. The summed E-state index contributed by atoms with van der Waals surface area (Å²) < 4.78 is 121. The van der Waals surface area contributed by atoms with Gasteiger partial charge in [0.1, 0.15) is 29.0 Å². The van der Waals surface area contributed by atoms with Crippen molar-refractivity contribution in [3.63, 3.8) is 0 Å². The minimum Gasteiger partial charge on any atom is -0.429 e. The fourth-order valence-electron chi connectivity index (χ4n) is 5.04. The van der Waals surface area contributed by atoms with Crippen LogP contribution < -0.4 is 4.74 Å². The second kappa shape index (κ2) is 13.1. The topological polar surface area (TPSA) is 9.23 Å². The van der Waals surface area contributed by atoms with E-state index in [-0.39, 0.29) is 11.1 Å². The number of halogens is 8. The minimum atomic E-state index is -4.24. The predicted molar refractivity (Wildman–Crippen MR) is 157 cm³/mol. The molecule has 0 heterocycles. The number of rotatable bonds is 10. The number of ether oxygens (including phenoxy) is 1. The zero-order chi connectivity index (χ0) is 32.3. The molecule has 0 aromatic heterocycles. The van der Waals surface area contributed by atoms with Crippen LogP contribution in [0.2, 0.25) is 0 Å². The average Bonchev–Trinajstić information content (AvgIpc) is 2.98. The van der Waals surface area contributed by atoms with Gasteiger partial charge >= 0.3 is 6.11 Å². The smallest absolute Gasteiger partial charge is 0.429 e. The lowest BCUT2D eigenvalue weighted by molar-refractivity contribution is -0.187. The van der Waals surface area contributed by atoms with Gasteiger partial charge in [-0.05, 0) is 71.0 Å². The Labute approximate surface area is 254 Å². The third kappa shape index (κ3) is 7.03. The van der Waals surface area contributed by atoms with Gasteiger partial charge in [-0.3, -0.25) is 0 Å². The summed E-state index contributed by atoms with van der Waals surface area (Å²) in [5.41, 5.74) is 0.0381. The van der Waals surface area contributed by atoms with Gasteiger partial charge in [0.15, 0.2) is 11.6 Å². The fourth-order valence-corrected chi connectivity index (χ4v) is 5.04. The van der Waals surface area contributed by atoms with Gasteiger partial charge in [0.25, 0.3) is 0 Å². The zero-order valence-electron chi connectivity index (χ0n) is 23.9. The highest BCUT2D eigenvalue weighted by atomic mass is 19.3. The van der Waals surface area contributed by atoms with Crippen molar-refractivity contribution in [3.8, 4) is 39.1 Å². The molecule has 0 radical (unpaired) electrons. The molecule has 5 aromatic carbocycles. The van der Waals surface area contributed by atoms with Gasteiger partial charge in [-0.15, -0.1) is 0 Å². The van der Waals surface area contributed by atoms with Gasteiger partial charge in [0.2, 0.25) is 0 Å². The molecule has 45 heavy (non-hydrogen) atoms. The summed E-state index contributed by atoms with van der Waals surface area (Å²) in [4.78, 5) is 0. The molecule has 0 aliphatic heterocycles. The molecule has 1 nitrogen and oxygen atoms in total. The lowest BCUT2D eigenvalue weighted by atomic mass is 9.97. The van der Waals surface area contributed by atoms with Gasteiger partial charge in [-0.2, -0.15) is 8.78 Å². The summed E-state index contributed by atoms with van der Waals surface area (Å²) in [6, 6.07) is 17.4. The Balaban J connectivity index is 1.35.